The molecule has 5 rings (SSSR count). The number of fused-ring (bicyclic) bond motifs is 5. The van der Waals surface area contributed by atoms with Gasteiger partial charge < -0.3 is 14.7 Å². The summed E-state index contributed by atoms with van der Waals surface area (Å²) in [6, 6.07) is 16.7. The number of benzene rings is 2. The third-order valence-electron chi connectivity index (χ3n) is 6.70. The van der Waals surface area contributed by atoms with Crippen LogP contribution in [0.4, 0.5) is 4.79 Å². The molecule has 3 atom stereocenters. The van der Waals surface area contributed by atoms with E-state index in [2.05, 4.69) is 24.3 Å². The molecule has 3 aliphatic rings. The van der Waals surface area contributed by atoms with Crippen LogP contribution in [0.2, 0.25) is 0 Å². The Balaban J connectivity index is 1.27. The van der Waals surface area contributed by atoms with Crippen LogP contribution in [-0.4, -0.2) is 41.3 Å². The molecule has 28 heavy (non-hydrogen) atoms. The van der Waals surface area contributed by atoms with Gasteiger partial charge in [-0.2, -0.15) is 0 Å². The Morgan fingerprint density at radius 1 is 1.00 bits per heavy atom. The predicted molar refractivity (Wildman–Crippen MR) is 104 cm³/mol. The molecular formula is C23H23NO4. The second-order valence-corrected chi connectivity index (χ2v) is 8.20. The fraction of sp³-hybridized carbons (Fsp3) is 0.391. The van der Waals surface area contributed by atoms with Crippen LogP contribution >= 0.6 is 0 Å². The SMILES string of the molecule is O=C(O)CC1CC2CC1CN2C(=O)OCC1c2ccccc2-c2ccccc21. The zero-order valence-electron chi connectivity index (χ0n) is 15.6. The molecule has 1 heterocycles. The molecule has 2 fully saturated rings. The van der Waals surface area contributed by atoms with Crippen LogP contribution in [0, 0.1) is 11.8 Å². The minimum Gasteiger partial charge on any atom is -0.481 e. The van der Waals surface area contributed by atoms with Crippen LogP contribution in [0.1, 0.15) is 36.3 Å². The van der Waals surface area contributed by atoms with E-state index >= 15 is 0 Å². The second-order valence-electron chi connectivity index (χ2n) is 8.20. The minimum atomic E-state index is -0.745. The molecule has 1 saturated carbocycles. The van der Waals surface area contributed by atoms with E-state index in [1.165, 1.54) is 22.3 Å². The van der Waals surface area contributed by atoms with Gasteiger partial charge in [-0.05, 0) is 46.9 Å². The van der Waals surface area contributed by atoms with Crippen molar-refractivity contribution < 1.29 is 19.4 Å². The van der Waals surface area contributed by atoms with Crippen molar-refractivity contribution in [3.63, 3.8) is 0 Å². The lowest BCUT2D eigenvalue weighted by Crippen LogP contribution is -2.41. The molecule has 1 N–H and O–H groups in total. The smallest absolute Gasteiger partial charge is 0.410 e. The zero-order chi connectivity index (χ0) is 19.3. The lowest BCUT2D eigenvalue weighted by molar-refractivity contribution is -0.138. The number of carboxylic acids is 1. The maximum atomic E-state index is 12.7. The number of ether oxygens (including phenoxy) is 1. The van der Waals surface area contributed by atoms with Gasteiger partial charge in [0.05, 0.1) is 0 Å². The Kier molecular flexibility index (Phi) is 4.11. The molecule has 1 saturated heterocycles. The van der Waals surface area contributed by atoms with Gasteiger partial charge in [0.25, 0.3) is 0 Å². The highest BCUT2D eigenvalue weighted by Crippen LogP contribution is 2.46. The zero-order valence-corrected chi connectivity index (χ0v) is 15.6. The van der Waals surface area contributed by atoms with Crippen LogP contribution in [0.3, 0.4) is 0 Å². The second kappa shape index (κ2) is 6.66. The summed E-state index contributed by atoms with van der Waals surface area (Å²) in [7, 11) is 0. The summed E-state index contributed by atoms with van der Waals surface area (Å²) in [5.41, 5.74) is 4.86. The first-order chi connectivity index (χ1) is 13.6. The summed E-state index contributed by atoms with van der Waals surface area (Å²) in [4.78, 5) is 25.5. The first-order valence-electron chi connectivity index (χ1n) is 9.95. The number of nitrogens with zero attached hydrogens (tertiary/aromatic N) is 1. The van der Waals surface area contributed by atoms with E-state index in [0.717, 1.165) is 12.8 Å². The largest absolute Gasteiger partial charge is 0.481 e. The summed E-state index contributed by atoms with van der Waals surface area (Å²) < 4.78 is 5.76. The van der Waals surface area contributed by atoms with Crippen LogP contribution in [0.25, 0.3) is 11.1 Å². The van der Waals surface area contributed by atoms with Crippen molar-refractivity contribution in [1.82, 2.24) is 4.90 Å². The molecule has 0 aromatic heterocycles. The number of likely N-dealkylation sites (tertiary alicyclic amines) is 1. The molecule has 2 aromatic carbocycles. The fourth-order valence-corrected chi connectivity index (χ4v) is 5.43. The normalized spacial score (nSPS) is 24.9. The molecule has 5 nitrogen and oxygen atoms in total. The van der Waals surface area contributed by atoms with Gasteiger partial charge in [-0.25, -0.2) is 4.79 Å². The average molecular weight is 377 g/mol. The van der Waals surface area contributed by atoms with E-state index in [4.69, 9.17) is 9.84 Å². The molecular weight excluding hydrogens is 354 g/mol. The van der Waals surface area contributed by atoms with Gasteiger partial charge in [0.1, 0.15) is 6.61 Å². The highest BCUT2D eigenvalue weighted by molar-refractivity contribution is 5.79. The summed E-state index contributed by atoms with van der Waals surface area (Å²) in [6.07, 6.45) is 1.63. The summed E-state index contributed by atoms with van der Waals surface area (Å²) >= 11 is 0. The summed E-state index contributed by atoms with van der Waals surface area (Å²) in [5.74, 6) is -0.192. The molecule has 0 spiro atoms. The van der Waals surface area contributed by atoms with E-state index in [9.17, 15) is 9.59 Å². The van der Waals surface area contributed by atoms with Crippen molar-refractivity contribution in [1.29, 1.82) is 0 Å². The third-order valence-corrected chi connectivity index (χ3v) is 6.70. The van der Waals surface area contributed by atoms with Gasteiger partial charge in [-0.1, -0.05) is 48.5 Å². The molecule has 5 heteroatoms. The number of aliphatic carboxylic acids is 1. The Morgan fingerprint density at radius 2 is 1.64 bits per heavy atom. The van der Waals surface area contributed by atoms with Crippen molar-refractivity contribution in [2.75, 3.05) is 13.2 Å². The van der Waals surface area contributed by atoms with Gasteiger partial charge in [-0.3, -0.25) is 4.79 Å². The Morgan fingerprint density at radius 3 is 2.21 bits per heavy atom. The van der Waals surface area contributed by atoms with E-state index < -0.39 is 5.97 Å². The number of carbonyl (C=O) groups is 2. The van der Waals surface area contributed by atoms with E-state index in [0.29, 0.717) is 19.1 Å². The van der Waals surface area contributed by atoms with Crippen molar-refractivity contribution in [2.24, 2.45) is 11.8 Å². The topological polar surface area (TPSA) is 66.8 Å². The minimum absolute atomic E-state index is 0.0656. The summed E-state index contributed by atoms with van der Waals surface area (Å²) in [6.45, 7) is 0.957. The lowest BCUT2D eigenvalue weighted by Gasteiger charge is -2.30. The number of amides is 1. The van der Waals surface area contributed by atoms with Crippen LogP contribution in [-0.2, 0) is 9.53 Å². The van der Waals surface area contributed by atoms with Crippen LogP contribution in [0.5, 0.6) is 0 Å². The first-order valence-corrected chi connectivity index (χ1v) is 9.95. The maximum absolute atomic E-state index is 12.7. The quantitative estimate of drug-likeness (QED) is 0.870. The Bertz CT molecular complexity index is 894. The van der Waals surface area contributed by atoms with E-state index in [1.807, 2.05) is 29.2 Å². The maximum Gasteiger partial charge on any atom is 0.410 e. The molecule has 3 unspecified atom stereocenters. The molecule has 1 aliphatic heterocycles. The monoisotopic (exact) mass is 377 g/mol. The van der Waals surface area contributed by atoms with Gasteiger partial charge in [0, 0.05) is 24.9 Å². The predicted octanol–water partition coefficient (Wildman–Crippen LogP) is 4.12. The number of carboxylic acid groups (broad SMARTS) is 1. The lowest BCUT2D eigenvalue weighted by atomic mass is 9.91. The number of hydrogen-bond acceptors (Lipinski definition) is 3. The number of piperidine rings is 1. The Labute approximate surface area is 163 Å². The molecule has 2 aliphatic carbocycles. The Hall–Kier alpha value is -2.82. The highest BCUT2D eigenvalue weighted by atomic mass is 16.6. The fourth-order valence-electron chi connectivity index (χ4n) is 5.43. The van der Waals surface area contributed by atoms with Crippen molar-refractivity contribution in [3.05, 3.63) is 59.7 Å². The summed E-state index contributed by atoms with van der Waals surface area (Å²) in [5, 5.41) is 9.04. The van der Waals surface area contributed by atoms with Crippen molar-refractivity contribution in [3.8, 4) is 11.1 Å². The van der Waals surface area contributed by atoms with Crippen molar-refractivity contribution in [2.45, 2.75) is 31.2 Å². The molecule has 1 amide bonds. The van der Waals surface area contributed by atoms with Gasteiger partial charge in [-0.15, -0.1) is 0 Å². The number of hydrogen-bond donors (Lipinski definition) is 1. The first kappa shape index (κ1) is 17.3. The van der Waals surface area contributed by atoms with Crippen LogP contribution < -0.4 is 0 Å². The average Bonchev–Trinajstić information content (AvgIpc) is 3.37. The van der Waals surface area contributed by atoms with Gasteiger partial charge in [0.15, 0.2) is 0 Å². The molecule has 0 radical (unpaired) electrons. The van der Waals surface area contributed by atoms with Crippen molar-refractivity contribution >= 4 is 12.1 Å². The molecule has 2 aromatic rings. The third kappa shape index (κ3) is 2.77. The number of carbonyl (C=O) groups excluding carboxylic acids is 1. The van der Waals surface area contributed by atoms with E-state index in [-0.39, 0.29) is 30.4 Å². The van der Waals surface area contributed by atoms with Gasteiger partial charge >= 0.3 is 12.1 Å². The van der Waals surface area contributed by atoms with Gasteiger partial charge in [0.2, 0.25) is 0 Å². The number of rotatable bonds is 4. The molecule has 2 bridgehead atoms. The molecule has 144 valence electrons. The highest BCUT2D eigenvalue weighted by Gasteiger charge is 2.47. The van der Waals surface area contributed by atoms with E-state index in [1.54, 1.807) is 0 Å². The standard InChI is InChI=1S/C23H23NO4/c25-22(26)11-14-9-16-10-15(14)12-24(16)23(27)28-13-21-19-7-3-1-5-17(19)18-6-2-4-8-20(18)21/h1-8,14-16,21H,9-13H2,(H,25,26). The van der Waals surface area contributed by atoms with Crippen LogP contribution in [0.15, 0.2) is 48.5 Å².